The van der Waals surface area contributed by atoms with Gasteiger partial charge in [0.25, 0.3) is 40.3 Å². The Morgan fingerprint density at radius 1 is 0.482 bits per heavy atom. The number of hydrogen-bond donors (Lipinski definition) is 8. The molecule has 0 aliphatic carbocycles. The second-order valence-electron chi connectivity index (χ2n) is 12.5. The lowest BCUT2D eigenvalue weighted by Crippen LogP contribution is -2.21. The number of phenolic OH excluding ortho intramolecular Hbond substituents is 2. The number of anilines is 4. The van der Waals surface area contributed by atoms with Gasteiger partial charge >= 0.3 is 6.03 Å². The number of sulfonamides is 2. The van der Waals surface area contributed by atoms with Crippen LogP contribution in [0.4, 0.5) is 27.5 Å². The van der Waals surface area contributed by atoms with Crippen LogP contribution in [0.2, 0.25) is 0 Å². The number of phenols is 2. The fourth-order valence-electron chi connectivity index (χ4n) is 5.72. The summed E-state index contributed by atoms with van der Waals surface area (Å²) in [7, 11) is -17.8. The number of amides is 2. The van der Waals surface area contributed by atoms with E-state index in [-0.39, 0.29) is 65.2 Å². The second-order valence-corrected chi connectivity index (χ2v) is 18.6. The van der Waals surface area contributed by atoms with Crippen LogP contribution in [0.15, 0.2) is 117 Å². The van der Waals surface area contributed by atoms with Gasteiger partial charge in [-0.1, -0.05) is 24.3 Å². The van der Waals surface area contributed by atoms with Crippen LogP contribution in [0.5, 0.6) is 11.5 Å². The molecule has 6 rings (SSSR count). The molecule has 0 unspecified atom stereocenters. The number of aryl methyl sites for hydroxylation is 2. The minimum Gasteiger partial charge on any atom is -0.507 e. The standard InChI is InChI=1S/C35H30N4O13S4/c1-19-3-7-23(15-33(19)53(43,44)38-25-11-21-5-9-27(55(47,48)49)17-29(21)31(40)13-25)36-35(42)37-24-8-4-20(2)34(16-24)54(45,46)39-26-12-22-6-10-28(56(50,51)52)18-30(22)32(41)14-26/h3-18,38-41H,1-2H3,(H2,36,37,42)(H,47,48,49)(H,50,51,52). The summed E-state index contributed by atoms with van der Waals surface area (Å²) in [4.78, 5) is 11.6. The zero-order valence-corrected chi connectivity index (χ0v) is 32.1. The lowest BCUT2D eigenvalue weighted by atomic mass is 10.1. The van der Waals surface area contributed by atoms with Crippen LogP contribution in [0.1, 0.15) is 11.1 Å². The van der Waals surface area contributed by atoms with Gasteiger partial charge in [-0.15, -0.1) is 0 Å². The van der Waals surface area contributed by atoms with Gasteiger partial charge in [0, 0.05) is 34.3 Å². The number of aromatic hydroxyl groups is 2. The summed E-state index contributed by atoms with van der Waals surface area (Å²) in [6.07, 6.45) is 0. The Labute approximate surface area is 320 Å². The van der Waals surface area contributed by atoms with Gasteiger partial charge in [0.05, 0.1) is 31.0 Å². The maximum Gasteiger partial charge on any atom is 0.323 e. The summed E-state index contributed by atoms with van der Waals surface area (Å²) < 4.78 is 123. The van der Waals surface area contributed by atoms with Crippen molar-refractivity contribution >= 4 is 90.6 Å². The smallest absolute Gasteiger partial charge is 0.323 e. The number of rotatable bonds is 10. The topological polar surface area (TPSA) is 283 Å². The summed E-state index contributed by atoms with van der Waals surface area (Å²) >= 11 is 0. The van der Waals surface area contributed by atoms with Crippen LogP contribution in [-0.2, 0) is 40.3 Å². The summed E-state index contributed by atoms with van der Waals surface area (Å²) in [6, 6.07) is 18.8. The zero-order chi connectivity index (χ0) is 41.0. The number of urea groups is 1. The molecule has 2 amide bonds. The van der Waals surface area contributed by atoms with Crippen molar-refractivity contribution < 1.29 is 57.8 Å². The van der Waals surface area contributed by atoms with Gasteiger partial charge in [0.2, 0.25) is 0 Å². The Hall–Kier alpha value is -5.97. The molecule has 6 aromatic rings. The van der Waals surface area contributed by atoms with Crippen molar-refractivity contribution in [2.75, 3.05) is 20.1 Å². The first kappa shape index (κ1) is 39.7. The number of benzene rings is 6. The molecule has 0 radical (unpaired) electrons. The third-order valence-electron chi connectivity index (χ3n) is 8.38. The minimum atomic E-state index is -4.56. The molecule has 6 aromatic carbocycles. The van der Waals surface area contributed by atoms with Crippen LogP contribution in [-0.4, -0.2) is 59.0 Å². The lowest BCUT2D eigenvalue weighted by molar-refractivity contribution is 0.262. The zero-order valence-electron chi connectivity index (χ0n) is 28.8. The number of fused-ring (bicyclic) bond motifs is 2. The van der Waals surface area contributed by atoms with Crippen LogP contribution < -0.4 is 20.1 Å². The Balaban J connectivity index is 1.18. The van der Waals surface area contributed by atoms with E-state index in [1.807, 2.05) is 0 Å². The highest BCUT2D eigenvalue weighted by molar-refractivity contribution is 7.93. The van der Waals surface area contributed by atoms with Gasteiger partial charge < -0.3 is 20.8 Å². The van der Waals surface area contributed by atoms with E-state index in [0.717, 1.165) is 36.4 Å². The molecule has 0 aliphatic rings. The quantitative estimate of drug-likeness (QED) is 0.0763. The Morgan fingerprint density at radius 2 is 0.857 bits per heavy atom. The molecule has 0 aliphatic heterocycles. The highest BCUT2D eigenvalue weighted by Crippen LogP contribution is 2.34. The Morgan fingerprint density at radius 3 is 1.21 bits per heavy atom. The lowest BCUT2D eigenvalue weighted by Gasteiger charge is -2.15. The van der Waals surface area contributed by atoms with E-state index < -0.39 is 67.6 Å². The molecule has 292 valence electrons. The van der Waals surface area contributed by atoms with Crippen LogP contribution >= 0.6 is 0 Å². The molecule has 0 atom stereocenters. The summed E-state index contributed by atoms with van der Waals surface area (Å²) in [6.45, 7) is 3.02. The molecule has 0 spiro atoms. The van der Waals surface area contributed by atoms with E-state index in [2.05, 4.69) is 20.1 Å². The summed E-state index contributed by atoms with van der Waals surface area (Å²) in [5.41, 5.74) is 0.500. The van der Waals surface area contributed by atoms with Gasteiger partial charge in [-0.3, -0.25) is 18.5 Å². The molecule has 21 heteroatoms. The van der Waals surface area contributed by atoms with Crippen LogP contribution in [0.25, 0.3) is 21.5 Å². The SMILES string of the molecule is Cc1ccc(NC(=O)Nc2ccc(C)c(S(=O)(=O)Nc3cc(O)c4cc(S(=O)(=O)O)ccc4c3)c2)cc1S(=O)(=O)Nc1cc(O)c2cc(S(=O)(=O)O)ccc2c1. The first-order valence-electron chi connectivity index (χ1n) is 15.8. The Kier molecular flexibility index (Phi) is 10.1. The Bertz CT molecular complexity index is 2880. The van der Waals surface area contributed by atoms with Crippen molar-refractivity contribution in [2.45, 2.75) is 33.4 Å². The molecule has 0 bridgehead atoms. The molecule has 0 heterocycles. The van der Waals surface area contributed by atoms with Gasteiger partial charge in [-0.25, -0.2) is 21.6 Å². The third kappa shape index (κ3) is 8.46. The highest BCUT2D eigenvalue weighted by atomic mass is 32.2. The summed E-state index contributed by atoms with van der Waals surface area (Å²) in [5, 5.41) is 26.6. The fourth-order valence-corrected chi connectivity index (χ4v) is 9.36. The number of hydrogen-bond acceptors (Lipinski definition) is 11. The molecule has 0 saturated carbocycles. The van der Waals surface area contributed by atoms with Crippen molar-refractivity contribution in [3.05, 3.63) is 108 Å². The van der Waals surface area contributed by atoms with Crippen molar-refractivity contribution in [2.24, 2.45) is 0 Å². The third-order valence-corrected chi connectivity index (χ3v) is 13.1. The largest absolute Gasteiger partial charge is 0.507 e. The maximum absolute atomic E-state index is 13.5. The van der Waals surface area contributed by atoms with Gasteiger partial charge in [-0.05, 0) is 96.4 Å². The van der Waals surface area contributed by atoms with E-state index in [1.54, 1.807) is 0 Å². The minimum absolute atomic E-state index is 0.0361. The van der Waals surface area contributed by atoms with E-state index in [4.69, 9.17) is 0 Å². The second kappa shape index (κ2) is 14.3. The first-order chi connectivity index (χ1) is 26.0. The predicted octanol–water partition coefficient (Wildman–Crippen LogP) is 5.76. The van der Waals surface area contributed by atoms with Crippen LogP contribution in [0, 0.1) is 13.8 Å². The molecule has 0 fully saturated rings. The molecule has 0 saturated heterocycles. The first-order valence-corrected chi connectivity index (χ1v) is 21.7. The number of carbonyl (C=O) groups excluding carboxylic acids is 1. The molecule has 56 heavy (non-hydrogen) atoms. The summed E-state index contributed by atoms with van der Waals surface area (Å²) in [5.74, 6) is -0.936. The van der Waals surface area contributed by atoms with Gasteiger partial charge in [0.1, 0.15) is 11.5 Å². The van der Waals surface area contributed by atoms with E-state index in [9.17, 15) is 57.8 Å². The number of nitrogens with one attached hydrogen (secondary N) is 4. The molecule has 0 aromatic heterocycles. The van der Waals surface area contributed by atoms with Gasteiger partial charge in [-0.2, -0.15) is 16.8 Å². The van der Waals surface area contributed by atoms with Crippen molar-refractivity contribution in [1.29, 1.82) is 0 Å². The van der Waals surface area contributed by atoms with Gasteiger partial charge in [0.15, 0.2) is 0 Å². The molecule has 8 N–H and O–H groups in total. The highest BCUT2D eigenvalue weighted by Gasteiger charge is 2.22. The van der Waals surface area contributed by atoms with E-state index >= 15 is 0 Å². The van der Waals surface area contributed by atoms with E-state index in [1.165, 1.54) is 74.5 Å². The fraction of sp³-hybridized carbons (Fsp3) is 0.0571. The average Bonchev–Trinajstić information content (AvgIpc) is 3.08. The van der Waals surface area contributed by atoms with E-state index in [0.29, 0.717) is 0 Å². The van der Waals surface area contributed by atoms with Crippen molar-refractivity contribution in [3.8, 4) is 11.5 Å². The van der Waals surface area contributed by atoms with Crippen LogP contribution in [0.3, 0.4) is 0 Å². The monoisotopic (exact) mass is 842 g/mol. The van der Waals surface area contributed by atoms with Crippen molar-refractivity contribution in [3.63, 3.8) is 0 Å². The normalized spacial score (nSPS) is 12.4. The maximum atomic E-state index is 13.5. The van der Waals surface area contributed by atoms with Crippen molar-refractivity contribution in [1.82, 2.24) is 0 Å². The number of carbonyl (C=O) groups is 1. The average molecular weight is 843 g/mol. The molecular weight excluding hydrogens is 813 g/mol. The molecular formula is C35H30N4O13S4. The molecule has 17 nitrogen and oxygen atoms in total. The predicted molar refractivity (Wildman–Crippen MR) is 207 cm³/mol.